The van der Waals surface area contributed by atoms with Crippen LogP contribution in [0.2, 0.25) is 10.0 Å². The van der Waals surface area contributed by atoms with Gasteiger partial charge in [-0.2, -0.15) is 5.26 Å². The lowest BCUT2D eigenvalue weighted by molar-refractivity contribution is -0.0677. The molecule has 3 N–H and O–H groups in total. The molecule has 1 saturated carbocycles. The quantitative estimate of drug-likeness (QED) is 0.487. The van der Waals surface area contributed by atoms with Gasteiger partial charge in [0.1, 0.15) is 5.82 Å². The van der Waals surface area contributed by atoms with Gasteiger partial charge >= 0.3 is 0 Å². The van der Waals surface area contributed by atoms with E-state index in [1.54, 1.807) is 24.3 Å². The van der Waals surface area contributed by atoms with Gasteiger partial charge in [-0.1, -0.05) is 73.5 Å². The molecule has 0 aromatic heterocycles. The molecule has 2 aromatic carbocycles. The number of nitrogens with zero attached hydrogens (tertiary/aromatic N) is 1. The van der Waals surface area contributed by atoms with E-state index >= 15 is 4.39 Å². The molecule has 2 fully saturated rings. The van der Waals surface area contributed by atoms with Crippen LogP contribution < -0.4 is 5.32 Å². The van der Waals surface area contributed by atoms with Gasteiger partial charge < -0.3 is 15.5 Å². The molecule has 32 heavy (non-hydrogen) atoms. The zero-order valence-electron chi connectivity index (χ0n) is 17.6. The molecule has 0 bridgehead atoms. The smallest absolute Gasteiger partial charge is 0.167 e. The van der Waals surface area contributed by atoms with Gasteiger partial charge in [0.15, 0.2) is 6.29 Å². The summed E-state index contributed by atoms with van der Waals surface area (Å²) in [6.07, 6.45) is 4.79. The Hall–Kier alpha value is -1.68. The molecule has 2 unspecified atom stereocenters. The van der Waals surface area contributed by atoms with E-state index < -0.39 is 30.0 Å². The molecule has 4 atom stereocenters. The van der Waals surface area contributed by atoms with Gasteiger partial charge in [-0.3, -0.25) is 0 Å². The van der Waals surface area contributed by atoms with Crippen molar-refractivity contribution in [2.75, 3.05) is 0 Å². The molecule has 0 radical (unpaired) electrons. The van der Waals surface area contributed by atoms with Gasteiger partial charge in [0.25, 0.3) is 0 Å². The van der Waals surface area contributed by atoms with Gasteiger partial charge in [0, 0.05) is 22.5 Å². The van der Waals surface area contributed by atoms with Gasteiger partial charge in [-0.05, 0) is 41.7 Å². The monoisotopic (exact) mass is 476 g/mol. The van der Waals surface area contributed by atoms with E-state index in [4.69, 9.17) is 23.2 Å². The molecule has 2 aromatic rings. The lowest BCUT2D eigenvalue weighted by Gasteiger charge is -2.27. The average molecular weight is 477 g/mol. The largest absolute Gasteiger partial charge is 0.367 e. The third-order valence-corrected chi connectivity index (χ3v) is 7.52. The summed E-state index contributed by atoms with van der Waals surface area (Å²) in [6, 6.07) is 11.4. The highest BCUT2D eigenvalue weighted by Gasteiger charge is 2.49. The van der Waals surface area contributed by atoms with E-state index in [1.165, 1.54) is 25.3 Å². The minimum absolute atomic E-state index is 0.0654. The van der Waals surface area contributed by atoms with Crippen LogP contribution in [-0.4, -0.2) is 28.6 Å². The molecule has 4 nitrogen and oxygen atoms in total. The first-order valence-electron chi connectivity index (χ1n) is 11.2. The molecule has 0 spiro atoms. The van der Waals surface area contributed by atoms with Gasteiger partial charge in [0.2, 0.25) is 0 Å². The topological polar surface area (TPSA) is 76.3 Å². The summed E-state index contributed by atoms with van der Waals surface area (Å²) >= 11 is 12.3. The SMILES string of the molecule is N#CC1C(CC2CCCCC2)N[C@H](C(O)O)[C@@H]1c1c(-c2cccc(Cl)c2)ccc(Cl)c1F. The second kappa shape index (κ2) is 10.1. The van der Waals surface area contributed by atoms with E-state index in [9.17, 15) is 15.5 Å². The first-order valence-corrected chi connectivity index (χ1v) is 11.9. The van der Waals surface area contributed by atoms with Crippen molar-refractivity contribution in [1.29, 1.82) is 5.26 Å². The van der Waals surface area contributed by atoms with Crippen molar-refractivity contribution in [3.8, 4) is 17.2 Å². The van der Waals surface area contributed by atoms with Crippen molar-refractivity contribution < 1.29 is 14.6 Å². The van der Waals surface area contributed by atoms with E-state index in [-0.39, 0.29) is 16.6 Å². The Bertz CT molecular complexity index is 1000. The fourth-order valence-corrected chi connectivity index (χ4v) is 5.88. The van der Waals surface area contributed by atoms with Crippen LogP contribution in [0, 0.1) is 29.0 Å². The highest BCUT2D eigenvalue weighted by Crippen LogP contribution is 2.46. The van der Waals surface area contributed by atoms with Crippen LogP contribution in [0.1, 0.15) is 50.0 Å². The fraction of sp³-hybridized carbons (Fsp3) is 0.480. The molecule has 2 aliphatic rings. The molecule has 1 aliphatic carbocycles. The van der Waals surface area contributed by atoms with Crippen LogP contribution in [0.25, 0.3) is 11.1 Å². The second-order valence-corrected chi connectivity index (χ2v) is 9.81. The van der Waals surface area contributed by atoms with Crippen molar-refractivity contribution in [2.24, 2.45) is 11.8 Å². The van der Waals surface area contributed by atoms with E-state index in [2.05, 4.69) is 11.4 Å². The summed E-state index contributed by atoms with van der Waals surface area (Å²) < 4.78 is 15.6. The maximum atomic E-state index is 15.6. The average Bonchev–Trinajstić information content (AvgIpc) is 3.14. The predicted octanol–water partition coefficient (Wildman–Crippen LogP) is 5.64. The van der Waals surface area contributed by atoms with Crippen LogP contribution in [-0.2, 0) is 0 Å². The van der Waals surface area contributed by atoms with Crippen LogP contribution in [0.5, 0.6) is 0 Å². The van der Waals surface area contributed by atoms with Crippen LogP contribution in [0.4, 0.5) is 4.39 Å². The Morgan fingerprint density at radius 2 is 1.88 bits per heavy atom. The van der Waals surface area contributed by atoms with Crippen molar-refractivity contribution in [3.63, 3.8) is 0 Å². The predicted molar refractivity (Wildman–Crippen MR) is 124 cm³/mol. The van der Waals surface area contributed by atoms with Gasteiger partial charge in [0.05, 0.1) is 23.1 Å². The van der Waals surface area contributed by atoms with Gasteiger partial charge in [-0.25, -0.2) is 4.39 Å². The lowest BCUT2D eigenvalue weighted by Crippen LogP contribution is -2.41. The normalized spacial score (nSPS) is 26.4. The summed E-state index contributed by atoms with van der Waals surface area (Å²) in [5.74, 6) is -1.57. The minimum Gasteiger partial charge on any atom is -0.367 e. The highest BCUT2D eigenvalue weighted by atomic mass is 35.5. The number of aliphatic hydroxyl groups excluding tert-OH is 1. The van der Waals surface area contributed by atoms with E-state index in [0.717, 1.165) is 19.3 Å². The standard InChI is InChI=1S/C25H27Cl2FN2O2/c26-16-8-4-7-15(12-16)17-9-10-19(27)23(28)21(17)22-18(13-29)20(30-24(22)25(31)32)11-14-5-2-1-3-6-14/h4,7-10,12,14,18,20,22,24-25,30-32H,1-3,5-6,11H2/t18?,20?,22-,24-/m0/s1. The number of rotatable bonds is 5. The zero-order valence-corrected chi connectivity index (χ0v) is 19.2. The Balaban J connectivity index is 1.79. The van der Waals surface area contributed by atoms with Crippen LogP contribution in [0.15, 0.2) is 36.4 Å². The van der Waals surface area contributed by atoms with E-state index in [0.29, 0.717) is 22.1 Å². The van der Waals surface area contributed by atoms with Crippen LogP contribution >= 0.6 is 23.2 Å². The van der Waals surface area contributed by atoms with Crippen molar-refractivity contribution in [3.05, 3.63) is 57.8 Å². The lowest BCUT2D eigenvalue weighted by atomic mass is 9.76. The van der Waals surface area contributed by atoms with Crippen LogP contribution in [0.3, 0.4) is 0 Å². The molecule has 7 heteroatoms. The second-order valence-electron chi connectivity index (χ2n) is 8.97. The summed E-state index contributed by atoms with van der Waals surface area (Å²) in [5.41, 5.74) is 1.45. The molecule has 1 saturated heterocycles. The van der Waals surface area contributed by atoms with E-state index in [1.807, 2.05) is 6.07 Å². The number of benzene rings is 2. The maximum Gasteiger partial charge on any atom is 0.167 e. The first kappa shape index (κ1) is 23.5. The van der Waals surface area contributed by atoms with Crippen molar-refractivity contribution in [1.82, 2.24) is 5.32 Å². The summed E-state index contributed by atoms with van der Waals surface area (Å²) in [7, 11) is 0. The van der Waals surface area contributed by atoms with Gasteiger partial charge in [-0.15, -0.1) is 0 Å². The molecule has 0 amide bonds. The number of nitriles is 1. The molecular weight excluding hydrogens is 450 g/mol. The number of hydrogen-bond donors (Lipinski definition) is 3. The minimum atomic E-state index is -1.75. The highest BCUT2D eigenvalue weighted by molar-refractivity contribution is 6.31. The Labute approximate surface area is 198 Å². The molecular formula is C25H27Cl2FN2O2. The Morgan fingerprint density at radius 1 is 1.12 bits per heavy atom. The summed E-state index contributed by atoms with van der Waals surface area (Å²) in [4.78, 5) is 0. The summed E-state index contributed by atoms with van der Waals surface area (Å²) in [5, 5.41) is 34.2. The Morgan fingerprint density at radius 3 is 2.53 bits per heavy atom. The zero-order chi connectivity index (χ0) is 22.8. The molecule has 1 aliphatic heterocycles. The number of aliphatic hydroxyl groups is 2. The fourth-order valence-electron chi connectivity index (χ4n) is 5.53. The molecule has 1 heterocycles. The number of nitrogens with one attached hydrogen (secondary N) is 1. The number of halogens is 3. The first-order chi connectivity index (χ1) is 15.4. The van der Waals surface area contributed by atoms with Crippen molar-refractivity contribution >= 4 is 23.2 Å². The summed E-state index contributed by atoms with van der Waals surface area (Å²) in [6.45, 7) is 0. The Kier molecular flexibility index (Phi) is 7.39. The number of hydrogen-bond acceptors (Lipinski definition) is 4. The molecule has 4 rings (SSSR count). The van der Waals surface area contributed by atoms with Crippen molar-refractivity contribution in [2.45, 2.75) is 62.8 Å². The third kappa shape index (κ3) is 4.66. The maximum absolute atomic E-state index is 15.6. The molecule has 170 valence electrons. The third-order valence-electron chi connectivity index (χ3n) is 7.00.